The SMILES string of the molecule is C=CCC(CN=C(C)C)C(O)CC. The fourth-order valence-electron chi connectivity index (χ4n) is 1.20. The molecule has 0 heterocycles. The van der Waals surface area contributed by atoms with Gasteiger partial charge in [-0.3, -0.25) is 4.99 Å². The van der Waals surface area contributed by atoms with Gasteiger partial charge in [0, 0.05) is 18.2 Å². The van der Waals surface area contributed by atoms with Crippen molar-refractivity contribution in [2.75, 3.05) is 6.54 Å². The summed E-state index contributed by atoms with van der Waals surface area (Å²) < 4.78 is 0. The van der Waals surface area contributed by atoms with Gasteiger partial charge in [-0.15, -0.1) is 6.58 Å². The molecule has 0 bridgehead atoms. The summed E-state index contributed by atoms with van der Waals surface area (Å²) >= 11 is 0. The maximum atomic E-state index is 9.64. The van der Waals surface area contributed by atoms with Crippen LogP contribution in [0.4, 0.5) is 0 Å². The molecule has 0 aromatic rings. The Morgan fingerprint density at radius 3 is 2.54 bits per heavy atom. The van der Waals surface area contributed by atoms with Crippen LogP contribution in [0, 0.1) is 5.92 Å². The maximum absolute atomic E-state index is 9.64. The second kappa shape index (κ2) is 6.84. The van der Waals surface area contributed by atoms with Gasteiger partial charge in [0.1, 0.15) is 0 Å². The van der Waals surface area contributed by atoms with E-state index in [0.29, 0.717) is 6.54 Å². The van der Waals surface area contributed by atoms with E-state index in [1.165, 1.54) is 0 Å². The topological polar surface area (TPSA) is 32.6 Å². The van der Waals surface area contributed by atoms with Crippen molar-refractivity contribution in [1.29, 1.82) is 0 Å². The number of aliphatic imine (C=N–C) groups is 1. The lowest BCUT2D eigenvalue weighted by molar-refractivity contribution is 0.109. The second-order valence-electron chi connectivity index (χ2n) is 3.55. The van der Waals surface area contributed by atoms with Crippen molar-refractivity contribution < 1.29 is 5.11 Å². The van der Waals surface area contributed by atoms with Crippen LogP contribution in [-0.2, 0) is 0 Å². The molecular weight excluding hydrogens is 162 g/mol. The summed E-state index contributed by atoms with van der Waals surface area (Å²) in [6.07, 6.45) is 3.23. The minimum absolute atomic E-state index is 0.234. The van der Waals surface area contributed by atoms with Crippen LogP contribution in [0.15, 0.2) is 17.6 Å². The van der Waals surface area contributed by atoms with E-state index in [0.717, 1.165) is 18.6 Å². The van der Waals surface area contributed by atoms with Crippen molar-refractivity contribution in [3.63, 3.8) is 0 Å². The quantitative estimate of drug-likeness (QED) is 0.498. The fourth-order valence-corrected chi connectivity index (χ4v) is 1.20. The highest BCUT2D eigenvalue weighted by molar-refractivity contribution is 5.79. The van der Waals surface area contributed by atoms with Crippen LogP contribution < -0.4 is 0 Å². The Morgan fingerprint density at radius 2 is 2.15 bits per heavy atom. The third-order valence-corrected chi connectivity index (χ3v) is 2.07. The molecule has 1 N–H and O–H groups in total. The number of hydrogen-bond donors (Lipinski definition) is 1. The molecular formula is C11H21NO. The largest absolute Gasteiger partial charge is 0.393 e. The van der Waals surface area contributed by atoms with Gasteiger partial charge in [-0.2, -0.15) is 0 Å². The first kappa shape index (κ1) is 12.4. The lowest BCUT2D eigenvalue weighted by Crippen LogP contribution is -2.22. The molecule has 0 aromatic heterocycles. The summed E-state index contributed by atoms with van der Waals surface area (Å²) in [5, 5.41) is 9.64. The number of nitrogens with zero attached hydrogens (tertiary/aromatic N) is 1. The van der Waals surface area contributed by atoms with Crippen LogP contribution in [0.3, 0.4) is 0 Å². The molecule has 2 atom stereocenters. The molecule has 0 rings (SSSR count). The van der Waals surface area contributed by atoms with Crippen molar-refractivity contribution in [2.45, 2.75) is 39.7 Å². The highest BCUT2D eigenvalue weighted by atomic mass is 16.3. The first-order valence-electron chi connectivity index (χ1n) is 4.88. The molecule has 0 aliphatic heterocycles. The standard InChI is InChI=1S/C11H21NO/c1-5-7-10(11(13)6-2)8-12-9(3)4/h5,10-11,13H,1,6-8H2,2-4H3. The van der Waals surface area contributed by atoms with Crippen molar-refractivity contribution in [1.82, 2.24) is 0 Å². The van der Waals surface area contributed by atoms with E-state index in [2.05, 4.69) is 11.6 Å². The van der Waals surface area contributed by atoms with Crippen molar-refractivity contribution >= 4 is 5.71 Å². The zero-order valence-electron chi connectivity index (χ0n) is 8.95. The van der Waals surface area contributed by atoms with Crippen LogP contribution in [0.2, 0.25) is 0 Å². The number of aliphatic hydroxyl groups is 1. The molecule has 76 valence electrons. The summed E-state index contributed by atoms with van der Waals surface area (Å²) in [6, 6.07) is 0. The molecule has 0 saturated heterocycles. The number of rotatable bonds is 6. The Labute approximate surface area is 81.4 Å². The lowest BCUT2D eigenvalue weighted by atomic mass is 9.97. The molecule has 0 spiro atoms. The average Bonchev–Trinajstić information content (AvgIpc) is 2.10. The van der Waals surface area contributed by atoms with E-state index in [1.54, 1.807) is 0 Å². The van der Waals surface area contributed by atoms with E-state index in [9.17, 15) is 5.11 Å². The van der Waals surface area contributed by atoms with Crippen LogP contribution in [-0.4, -0.2) is 23.5 Å². The highest BCUT2D eigenvalue weighted by Crippen LogP contribution is 2.13. The van der Waals surface area contributed by atoms with Crippen molar-refractivity contribution in [3.05, 3.63) is 12.7 Å². The normalized spacial score (nSPS) is 14.8. The predicted octanol–water partition coefficient (Wildman–Crippen LogP) is 2.43. The Balaban J connectivity index is 4.08. The van der Waals surface area contributed by atoms with Crippen molar-refractivity contribution in [2.24, 2.45) is 10.9 Å². The molecule has 0 saturated carbocycles. The third kappa shape index (κ3) is 5.58. The Morgan fingerprint density at radius 1 is 1.54 bits per heavy atom. The van der Waals surface area contributed by atoms with E-state index in [4.69, 9.17) is 0 Å². The summed E-state index contributed by atoms with van der Waals surface area (Å²) in [4.78, 5) is 4.32. The third-order valence-electron chi connectivity index (χ3n) is 2.07. The fraction of sp³-hybridized carbons (Fsp3) is 0.727. The van der Waals surface area contributed by atoms with Crippen molar-refractivity contribution in [3.8, 4) is 0 Å². The van der Waals surface area contributed by atoms with Crippen LogP contribution in [0.1, 0.15) is 33.6 Å². The Kier molecular flexibility index (Phi) is 6.51. The van der Waals surface area contributed by atoms with E-state index in [1.807, 2.05) is 26.8 Å². The maximum Gasteiger partial charge on any atom is 0.0586 e. The molecule has 0 aliphatic rings. The minimum Gasteiger partial charge on any atom is -0.393 e. The Hall–Kier alpha value is -0.630. The summed E-state index contributed by atoms with van der Waals surface area (Å²) in [5.41, 5.74) is 1.07. The van der Waals surface area contributed by atoms with Gasteiger partial charge in [-0.25, -0.2) is 0 Å². The number of aliphatic hydroxyl groups excluding tert-OH is 1. The van der Waals surface area contributed by atoms with E-state index >= 15 is 0 Å². The molecule has 0 aliphatic carbocycles. The minimum atomic E-state index is -0.249. The zero-order valence-corrected chi connectivity index (χ0v) is 8.95. The molecule has 0 radical (unpaired) electrons. The van der Waals surface area contributed by atoms with Gasteiger partial charge in [0.2, 0.25) is 0 Å². The van der Waals surface area contributed by atoms with Gasteiger partial charge in [0.15, 0.2) is 0 Å². The van der Waals surface area contributed by atoms with Gasteiger partial charge in [0.05, 0.1) is 6.10 Å². The average molecular weight is 183 g/mol. The monoisotopic (exact) mass is 183 g/mol. The second-order valence-corrected chi connectivity index (χ2v) is 3.55. The lowest BCUT2D eigenvalue weighted by Gasteiger charge is -2.18. The highest BCUT2D eigenvalue weighted by Gasteiger charge is 2.14. The molecule has 2 nitrogen and oxygen atoms in total. The summed E-state index contributed by atoms with van der Waals surface area (Å²) in [5.74, 6) is 0.234. The molecule has 2 unspecified atom stereocenters. The molecule has 0 aromatic carbocycles. The van der Waals surface area contributed by atoms with Crippen LogP contribution in [0.5, 0.6) is 0 Å². The van der Waals surface area contributed by atoms with Gasteiger partial charge >= 0.3 is 0 Å². The zero-order chi connectivity index (χ0) is 10.3. The van der Waals surface area contributed by atoms with Gasteiger partial charge in [-0.05, 0) is 26.7 Å². The number of allylic oxidation sites excluding steroid dienone is 1. The first-order valence-corrected chi connectivity index (χ1v) is 4.88. The van der Waals surface area contributed by atoms with E-state index in [-0.39, 0.29) is 12.0 Å². The Bertz CT molecular complexity index is 171. The number of hydrogen-bond acceptors (Lipinski definition) is 2. The predicted molar refractivity (Wildman–Crippen MR) is 58.3 cm³/mol. The van der Waals surface area contributed by atoms with Gasteiger partial charge < -0.3 is 5.11 Å². The summed E-state index contributed by atoms with van der Waals surface area (Å²) in [6.45, 7) is 10.3. The van der Waals surface area contributed by atoms with Crippen LogP contribution in [0.25, 0.3) is 0 Å². The van der Waals surface area contributed by atoms with Gasteiger partial charge in [0.25, 0.3) is 0 Å². The molecule has 13 heavy (non-hydrogen) atoms. The first-order chi connectivity index (χ1) is 6.11. The van der Waals surface area contributed by atoms with Gasteiger partial charge in [-0.1, -0.05) is 13.0 Å². The molecule has 0 fully saturated rings. The summed E-state index contributed by atoms with van der Waals surface area (Å²) in [7, 11) is 0. The molecule has 0 amide bonds. The van der Waals surface area contributed by atoms with Crippen LogP contribution >= 0.6 is 0 Å². The smallest absolute Gasteiger partial charge is 0.0586 e. The molecule has 2 heteroatoms. The van der Waals surface area contributed by atoms with E-state index < -0.39 is 0 Å².